The van der Waals surface area contributed by atoms with Crippen molar-refractivity contribution in [1.82, 2.24) is 9.97 Å². The lowest BCUT2D eigenvalue weighted by molar-refractivity contribution is 0.557. The van der Waals surface area contributed by atoms with Crippen molar-refractivity contribution in [3.8, 4) is 0 Å². The van der Waals surface area contributed by atoms with Crippen molar-refractivity contribution in [3.63, 3.8) is 0 Å². The molecule has 1 rings (SSSR count). The highest BCUT2D eigenvalue weighted by atomic mass is 35.5. The molecule has 1 heterocycles. The molecule has 78 valence electrons. The standard InChI is InChI=1S/C10H16ClN3/c1-4-8(2)7-14(3)9-5-6-12-10(11)13-9/h5-6,8H,4,7H2,1-3H3. The molecule has 1 aromatic rings. The minimum Gasteiger partial charge on any atom is -0.359 e. The van der Waals surface area contributed by atoms with Gasteiger partial charge in [0.05, 0.1) is 0 Å². The van der Waals surface area contributed by atoms with Crippen LogP contribution < -0.4 is 4.90 Å². The maximum atomic E-state index is 5.71. The molecular weight excluding hydrogens is 198 g/mol. The minimum absolute atomic E-state index is 0.304. The third-order valence-corrected chi connectivity index (χ3v) is 2.47. The second-order valence-corrected chi connectivity index (χ2v) is 3.92. The Bertz CT molecular complexity index is 290. The molecule has 0 saturated carbocycles. The zero-order valence-corrected chi connectivity index (χ0v) is 9.62. The summed E-state index contributed by atoms with van der Waals surface area (Å²) in [7, 11) is 2.02. The number of rotatable bonds is 4. The Labute approximate surface area is 90.1 Å². The highest BCUT2D eigenvalue weighted by Crippen LogP contribution is 2.13. The van der Waals surface area contributed by atoms with Gasteiger partial charge in [-0.1, -0.05) is 20.3 Å². The van der Waals surface area contributed by atoms with Gasteiger partial charge in [0.1, 0.15) is 5.82 Å². The molecule has 1 aromatic heterocycles. The predicted molar refractivity (Wildman–Crippen MR) is 59.8 cm³/mol. The van der Waals surface area contributed by atoms with Crippen molar-refractivity contribution in [2.75, 3.05) is 18.5 Å². The van der Waals surface area contributed by atoms with Gasteiger partial charge in [-0.15, -0.1) is 0 Å². The van der Waals surface area contributed by atoms with Gasteiger partial charge in [-0.3, -0.25) is 0 Å². The van der Waals surface area contributed by atoms with E-state index in [0.29, 0.717) is 11.2 Å². The smallest absolute Gasteiger partial charge is 0.224 e. The summed E-state index contributed by atoms with van der Waals surface area (Å²) in [6, 6.07) is 1.87. The molecule has 3 nitrogen and oxygen atoms in total. The summed E-state index contributed by atoms with van der Waals surface area (Å²) in [5, 5.41) is 0.304. The number of halogens is 1. The van der Waals surface area contributed by atoms with E-state index >= 15 is 0 Å². The minimum atomic E-state index is 0.304. The Morgan fingerprint density at radius 3 is 2.86 bits per heavy atom. The zero-order chi connectivity index (χ0) is 10.6. The summed E-state index contributed by atoms with van der Waals surface area (Å²) in [5.74, 6) is 1.54. The molecule has 0 aromatic carbocycles. The Hall–Kier alpha value is -0.830. The first kappa shape index (κ1) is 11.2. The predicted octanol–water partition coefficient (Wildman–Crippen LogP) is 2.61. The van der Waals surface area contributed by atoms with Crippen LogP contribution in [-0.4, -0.2) is 23.6 Å². The fourth-order valence-electron chi connectivity index (χ4n) is 1.23. The molecule has 0 aliphatic rings. The Kier molecular flexibility index (Phi) is 4.14. The van der Waals surface area contributed by atoms with E-state index in [-0.39, 0.29) is 0 Å². The van der Waals surface area contributed by atoms with Gasteiger partial charge in [0.15, 0.2) is 0 Å². The van der Waals surface area contributed by atoms with E-state index in [1.54, 1.807) is 6.20 Å². The van der Waals surface area contributed by atoms with Crippen molar-refractivity contribution in [2.24, 2.45) is 5.92 Å². The van der Waals surface area contributed by atoms with Gasteiger partial charge in [-0.2, -0.15) is 0 Å². The Morgan fingerprint density at radius 2 is 2.29 bits per heavy atom. The highest BCUT2D eigenvalue weighted by molar-refractivity contribution is 6.28. The van der Waals surface area contributed by atoms with Crippen molar-refractivity contribution in [2.45, 2.75) is 20.3 Å². The first-order valence-corrected chi connectivity index (χ1v) is 5.21. The van der Waals surface area contributed by atoms with Crippen LogP contribution in [0.3, 0.4) is 0 Å². The SMILES string of the molecule is CCC(C)CN(C)c1ccnc(Cl)n1. The Morgan fingerprint density at radius 1 is 1.57 bits per heavy atom. The van der Waals surface area contributed by atoms with Crippen LogP contribution in [0.1, 0.15) is 20.3 Å². The maximum absolute atomic E-state index is 5.71. The molecule has 0 aliphatic heterocycles. The molecule has 0 N–H and O–H groups in total. The lowest BCUT2D eigenvalue weighted by Crippen LogP contribution is -2.24. The monoisotopic (exact) mass is 213 g/mol. The van der Waals surface area contributed by atoms with Gasteiger partial charge in [-0.25, -0.2) is 9.97 Å². The second kappa shape index (κ2) is 5.15. The maximum Gasteiger partial charge on any atom is 0.224 e. The van der Waals surface area contributed by atoms with Crippen LogP contribution in [0, 0.1) is 5.92 Å². The highest BCUT2D eigenvalue weighted by Gasteiger charge is 2.06. The number of aromatic nitrogens is 2. The van der Waals surface area contributed by atoms with Gasteiger partial charge >= 0.3 is 0 Å². The molecule has 14 heavy (non-hydrogen) atoms. The fourth-order valence-corrected chi connectivity index (χ4v) is 1.37. The van der Waals surface area contributed by atoms with E-state index < -0.39 is 0 Å². The fraction of sp³-hybridized carbons (Fsp3) is 0.600. The first-order chi connectivity index (χ1) is 6.63. The van der Waals surface area contributed by atoms with Crippen LogP contribution in [0.4, 0.5) is 5.82 Å². The van der Waals surface area contributed by atoms with E-state index in [9.17, 15) is 0 Å². The summed E-state index contributed by atoms with van der Waals surface area (Å²) >= 11 is 5.71. The lowest BCUT2D eigenvalue weighted by Gasteiger charge is -2.21. The zero-order valence-electron chi connectivity index (χ0n) is 8.87. The first-order valence-electron chi connectivity index (χ1n) is 4.83. The van der Waals surface area contributed by atoms with Crippen LogP contribution in [0.15, 0.2) is 12.3 Å². The quantitative estimate of drug-likeness (QED) is 0.720. The van der Waals surface area contributed by atoms with Crippen LogP contribution in [-0.2, 0) is 0 Å². The molecular formula is C10H16ClN3. The number of hydrogen-bond donors (Lipinski definition) is 0. The molecule has 1 atom stereocenters. The van der Waals surface area contributed by atoms with Crippen LogP contribution in [0.25, 0.3) is 0 Å². The molecule has 4 heteroatoms. The van der Waals surface area contributed by atoms with E-state index in [4.69, 9.17) is 11.6 Å². The molecule has 0 saturated heterocycles. The Balaban J connectivity index is 2.64. The molecule has 0 amide bonds. The number of nitrogens with zero attached hydrogens (tertiary/aromatic N) is 3. The molecule has 0 fully saturated rings. The summed E-state index contributed by atoms with van der Waals surface area (Å²) in [5.41, 5.74) is 0. The summed E-state index contributed by atoms with van der Waals surface area (Å²) in [6.07, 6.45) is 2.85. The van der Waals surface area contributed by atoms with Crippen LogP contribution in [0.2, 0.25) is 5.28 Å². The van der Waals surface area contributed by atoms with Crippen LogP contribution >= 0.6 is 11.6 Å². The average molecular weight is 214 g/mol. The normalized spacial score (nSPS) is 12.6. The largest absolute Gasteiger partial charge is 0.359 e. The second-order valence-electron chi connectivity index (χ2n) is 3.58. The van der Waals surface area contributed by atoms with Crippen molar-refractivity contribution in [3.05, 3.63) is 17.5 Å². The summed E-state index contributed by atoms with van der Waals surface area (Å²) in [6.45, 7) is 5.40. The van der Waals surface area contributed by atoms with Crippen molar-refractivity contribution >= 4 is 17.4 Å². The topological polar surface area (TPSA) is 29.0 Å². The van der Waals surface area contributed by atoms with E-state index in [1.165, 1.54) is 6.42 Å². The van der Waals surface area contributed by atoms with E-state index in [2.05, 4.69) is 28.7 Å². The summed E-state index contributed by atoms with van der Waals surface area (Å²) in [4.78, 5) is 10.1. The van der Waals surface area contributed by atoms with Crippen molar-refractivity contribution < 1.29 is 0 Å². The van der Waals surface area contributed by atoms with Crippen LogP contribution in [0.5, 0.6) is 0 Å². The van der Waals surface area contributed by atoms with Gasteiger partial charge in [-0.05, 0) is 23.6 Å². The third kappa shape index (κ3) is 3.14. The molecule has 0 aliphatic carbocycles. The van der Waals surface area contributed by atoms with E-state index in [0.717, 1.165) is 12.4 Å². The average Bonchev–Trinajstić information content (AvgIpc) is 2.17. The van der Waals surface area contributed by atoms with Gasteiger partial charge < -0.3 is 4.90 Å². The molecule has 0 spiro atoms. The van der Waals surface area contributed by atoms with E-state index in [1.807, 2.05) is 13.1 Å². The molecule has 1 unspecified atom stereocenters. The van der Waals surface area contributed by atoms with Crippen molar-refractivity contribution in [1.29, 1.82) is 0 Å². The van der Waals surface area contributed by atoms with Gasteiger partial charge in [0.25, 0.3) is 0 Å². The van der Waals surface area contributed by atoms with Gasteiger partial charge in [0, 0.05) is 19.8 Å². The summed E-state index contributed by atoms with van der Waals surface area (Å²) < 4.78 is 0. The molecule has 0 bridgehead atoms. The lowest BCUT2D eigenvalue weighted by atomic mass is 10.1. The number of hydrogen-bond acceptors (Lipinski definition) is 3. The molecule has 0 radical (unpaired) electrons. The third-order valence-electron chi connectivity index (χ3n) is 2.29. The number of anilines is 1. The van der Waals surface area contributed by atoms with Gasteiger partial charge in [0.2, 0.25) is 5.28 Å².